The zero-order chi connectivity index (χ0) is 12.1. The average molecular weight is 220 g/mol. The first-order chi connectivity index (χ1) is 7.50. The van der Waals surface area contributed by atoms with Crippen LogP contribution in [-0.4, -0.2) is 16.9 Å². The van der Waals surface area contributed by atoms with Crippen molar-refractivity contribution < 1.29 is 14.7 Å². The zero-order valence-corrected chi connectivity index (χ0v) is 9.56. The molecule has 16 heavy (non-hydrogen) atoms. The number of hydrogen-bond donors (Lipinski definition) is 1. The molecule has 1 N–H and O–H groups in total. The molecule has 0 spiro atoms. The van der Waals surface area contributed by atoms with Crippen LogP contribution in [0.3, 0.4) is 0 Å². The second-order valence-electron chi connectivity index (χ2n) is 4.00. The lowest BCUT2D eigenvalue weighted by atomic mass is 9.98. The normalized spacial score (nSPS) is 12.1. The van der Waals surface area contributed by atoms with Crippen molar-refractivity contribution in [2.24, 2.45) is 0 Å². The van der Waals surface area contributed by atoms with Crippen LogP contribution in [0.15, 0.2) is 24.3 Å². The van der Waals surface area contributed by atoms with Gasteiger partial charge in [0, 0.05) is 6.42 Å². The standard InChI is InChI=1S/C13H16O3/c1-9(14)3-4-11-5-7-12(8-6-11)10(2)13(15)16/h5-8,10H,3-4H2,1-2H3,(H,15,16). The van der Waals surface area contributed by atoms with E-state index < -0.39 is 11.9 Å². The van der Waals surface area contributed by atoms with E-state index in [0.717, 1.165) is 17.5 Å². The summed E-state index contributed by atoms with van der Waals surface area (Å²) in [5.74, 6) is -1.14. The first-order valence-electron chi connectivity index (χ1n) is 5.32. The lowest BCUT2D eigenvalue weighted by molar-refractivity contribution is -0.138. The Bertz CT molecular complexity index is 379. The Morgan fingerprint density at radius 3 is 2.25 bits per heavy atom. The summed E-state index contributed by atoms with van der Waals surface area (Å²) in [6, 6.07) is 7.40. The minimum absolute atomic E-state index is 0.169. The van der Waals surface area contributed by atoms with E-state index in [4.69, 9.17) is 5.11 Å². The summed E-state index contributed by atoms with van der Waals surface area (Å²) in [7, 11) is 0. The molecule has 0 aliphatic carbocycles. The quantitative estimate of drug-likeness (QED) is 0.829. The number of benzene rings is 1. The second-order valence-corrected chi connectivity index (χ2v) is 4.00. The molecule has 86 valence electrons. The molecular weight excluding hydrogens is 204 g/mol. The van der Waals surface area contributed by atoms with Crippen LogP contribution in [0.25, 0.3) is 0 Å². The van der Waals surface area contributed by atoms with Gasteiger partial charge in [0.2, 0.25) is 0 Å². The first-order valence-corrected chi connectivity index (χ1v) is 5.32. The SMILES string of the molecule is CC(=O)CCc1ccc(C(C)C(=O)O)cc1. The third-order valence-corrected chi connectivity index (χ3v) is 2.62. The van der Waals surface area contributed by atoms with E-state index in [0.29, 0.717) is 6.42 Å². The monoisotopic (exact) mass is 220 g/mol. The van der Waals surface area contributed by atoms with Crippen molar-refractivity contribution in [1.29, 1.82) is 0 Å². The Hall–Kier alpha value is -1.64. The molecule has 0 saturated carbocycles. The van der Waals surface area contributed by atoms with Crippen LogP contribution in [0.5, 0.6) is 0 Å². The summed E-state index contributed by atoms with van der Waals surface area (Å²) >= 11 is 0. The van der Waals surface area contributed by atoms with Gasteiger partial charge in [-0.1, -0.05) is 24.3 Å². The average Bonchev–Trinajstić information content (AvgIpc) is 2.26. The minimum Gasteiger partial charge on any atom is -0.481 e. The molecule has 0 aromatic heterocycles. The summed E-state index contributed by atoms with van der Waals surface area (Å²) in [5, 5.41) is 8.84. The lowest BCUT2D eigenvalue weighted by Gasteiger charge is -2.07. The van der Waals surface area contributed by atoms with Crippen molar-refractivity contribution in [3.05, 3.63) is 35.4 Å². The molecule has 3 nitrogen and oxygen atoms in total. The first kappa shape index (κ1) is 12.4. The highest BCUT2D eigenvalue weighted by Crippen LogP contribution is 2.16. The van der Waals surface area contributed by atoms with Crippen LogP contribution in [0.2, 0.25) is 0 Å². The fraction of sp³-hybridized carbons (Fsp3) is 0.385. The van der Waals surface area contributed by atoms with Gasteiger partial charge in [0.1, 0.15) is 5.78 Å². The summed E-state index contributed by atoms with van der Waals surface area (Å²) < 4.78 is 0. The van der Waals surface area contributed by atoms with E-state index in [-0.39, 0.29) is 5.78 Å². The maximum Gasteiger partial charge on any atom is 0.310 e. The molecule has 3 heteroatoms. The highest BCUT2D eigenvalue weighted by molar-refractivity contribution is 5.76. The number of Topliss-reactive ketones (excluding diaryl/α,β-unsaturated/α-hetero) is 1. The molecule has 0 bridgehead atoms. The molecular formula is C13H16O3. The van der Waals surface area contributed by atoms with E-state index in [9.17, 15) is 9.59 Å². The molecule has 1 atom stereocenters. The molecule has 1 aromatic rings. The van der Waals surface area contributed by atoms with E-state index in [1.807, 2.05) is 24.3 Å². The van der Waals surface area contributed by atoms with Gasteiger partial charge in [-0.2, -0.15) is 0 Å². The zero-order valence-electron chi connectivity index (χ0n) is 9.56. The van der Waals surface area contributed by atoms with Crippen LogP contribution in [0.4, 0.5) is 0 Å². The van der Waals surface area contributed by atoms with Gasteiger partial charge in [-0.25, -0.2) is 0 Å². The Kier molecular flexibility index (Phi) is 4.23. The molecule has 0 saturated heterocycles. The number of carbonyl (C=O) groups excluding carboxylic acids is 1. The van der Waals surface area contributed by atoms with Gasteiger partial charge in [-0.3, -0.25) is 4.79 Å². The number of ketones is 1. The molecule has 1 aromatic carbocycles. The van der Waals surface area contributed by atoms with Gasteiger partial charge in [0.05, 0.1) is 5.92 Å². The number of aryl methyl sites for hydroxylation is 1. The Morgan fingerprint density at radius 1 is 1.25 bits per heavy atom. The number of carboxylic acid groups (broad SMARTS) is 1. The van der Waals surface area contributed by atoms with Crippen LogP contribution in [0.1, 0.15) is 37.3 Å². The van der Waals surface area contributed by atoms with Crippen LogP contribution < -0.4 is 0 Å². The molecule has 0 amide bonds. The Balaban J connectivity index is 2.67. The second kappa shape index (κ2) is 5.45. The van der Waals surface area contributed by atoms with E-state index in [1.54, 1.807) is 13.8 Å². The summed E-state index contributed by atoms with van der Waals surface area (Å²) in [6.07, 6.45) is 1.25. The predicted octanol–water partition coefficient (Wildman–Crippen LogP) is 2.40. The van der Waals surface area contributed by atoms with E-state index >= 15 is 0 Å². The minimum atomic E-state index is -0.823. The summed E-state index contributed by atoms with van der Waals surface area (Å²) in [6.45, 7) is 3.23. The third-order valence-electron chi connectivity index (χ3n) is 2.62. The molecule has 0 aliphatic heterocycles. The Morgan fingerprint density at radius 2 is 1.81 bits per heavy atom. The van der Waals surface area contributed by atoms with Gasteiger partial charge < -0.3 is 9.90 Å². The summed E-state index contributed by atoms with van der Waals surface area (Å²) in [5.41, 5.74) is 1.86. The third kappa shape index (κ3) is 3.50. The van der Waals surface area contributed by atoms with Crippen molar-refractivity contribution >= 4 is 11.8 Å². The number of carbonyl (C=O) groups is 2. The summed E-state index contributed by atoms with van der Waals surface area (Å²) in [4.78, 5) is 21.6. The number of aliphatic carboxylic acids is 1. The smallest absolute Gasteiger partial charge is 0.310 e. The maximum atomic E-state index is 10.8. The van der Waals surface area contributed by atoms with Gasteiger partial charge in [0.25, 0.3) is 0 Å². The maximum absolute atomic E-state index is 10.8. The molecule has 0 fully saturated rings. The lowest BCUT2D eigenvalue weighted by Crippen LogP contribution is -2.07. The van der Waals surface area contributed by atoms with Crippen molar-refractivity contribution in [3.8, 4) is 0 Å². The molecule has 0 radical (unpaired) electrons. The van der Waals surface area contributed by atoms with Crippen LogP contribution >= 0.6 is 0 Å². The fourth-order valence-electron chi connectivity index (χ4n) is 1.44. The van der Waals surface area contributed by atoms with E-state index in [1.165, 1.54) is 0 Å². The number of carboxylic acids is 1. The predicted molar refractivity (Wildman–Crippen MR) is 61.5 cm³/mol. The van der Waals surface area contributed by atoms with Crippen molar-refractivity contribution in [3.63, 3.8) is 0 Å². The van der Waals surface area contributed by atoms with Gasteiger partial charge in [-0.15, -0.1) is 0 Å². The highest BCUT2D eigenvalue weighted by Gasteiger charge is 2.12. The Labute approximate surface area is 95.1 Å². The van der Waals surface area contributed by atoms with Crippen LogP contribution in [0, 0.1) is 0 Å². The van der Waals surface area contributed by atoms with Gasteiger partial charge in [-0.05, 0) is 31.4 Å². The fourth-order valence-corrected chi connectivity index (χ4v) is 1.44. The van der Waals surface area contributed by atoms with Crippen molar-refractivity contribution in [1.82, 2.24) is 0 Å². The largest absolute Gasteiger partial charge is 0.481 e. The van der Waals surface area contributed by atoms with Gasteiger partial charge >= 0.3 is 5.97 Å². The highest BCUT2D eigenvalue weighted by atomic mass is 16.4. The number of hydrogen-bond acceptors (Lipinski definition) is 2. The van der Waals surface area contributed by atoms with Crippen molar-refractivity contribution in [2.45, 2.75) is 32.6 Å². The molecule has 0 heterocycles. The topological polar surface area (TPSA) is 54.4 Å². The van der Waals surface area contributed by atoms with Crippen molar-refractivity contribution in [2.75, 3.05) is 0 Å². The van der Waals surface area contributed by atoms with E-state index in [2.05, 4.69) is 0 Å². The molecule has 1 unspecified atom stereocenters. The number of rotatable bonds is 5. The molecule has 1 rings (SSSR count). The van der Waals surface area contributed by atoms with Gasteiger partial charge in [0.15, 0.2) is 0 Å². The molecule has 0 aliphatic rings. The van der Waals surface area contributed by atoms with Crippen LogP contribution in [-0.2, 0) is 16.0 Å².